The summed E-state index contributed by atoms with van der Waals surface area (Å²) in [5, 5.41) is 5.30. The zero-order chi connectivity index (χ0) is 14.7. The lowest BCUT2D eigenvalue weighted by Gasteiger charge is -2.32. The predicted octanol–water partition coefficient (Wildman–Crippen LogP) is 0.322. The van der Waals surface area contributed by atoms with Crippen LogP contribution >= 0.6 is 0 Å². The molecule has 0 aromatic carbocycles. The standard InChI is InChI=1S/C13H19N5O2/c1-4-5-9-15-10(14-3)6-11(16-9)18-7-12(19)17-13(20)8(18)2/h6,8H,4-5,7H2,1-3H3,(H,14,15,16)(H,17,19,20). The SMILES string of the molecule is CCCc1nc(NC)cc(N2CC(=O)NC(=O)C2C)n1. The number of nitrogens with zero attached hydrogens (tertiary/aromatic N) is 3. The Balaban J connectivity index is 2.36. The fraction of sp³-hybridized carbons (Fsp3) is 0.538. The van der Waals surface area contributed by atoms with E-state index < -0.39 is 6.04 Å². The maximum absolute atomic E-state index is 11.7. The van der Waals surface area contributed by atoms with Gasteiger partial charge in [0.25, 0.3) is 0 Å². The molecule has 1 atom stereocenters. The molecule has 0 saturated carbocycles. The molecule has 1 unspecified atom stereocenters. The molecule has 1 aromatic rings. The van der Waals surface area contributed by atoms with Gasteiger partial charge in [-0.3, -0.25) is 14.9 Å². The van der Waals surface area contributed by atoms with Gasteiger partial charge in [0.05, 0.1) is 6.54 Å². The van der Waals surface area contributed by atoms with Gasteiger partial charge in [-0.2, -0.15) is 0 Å². The highest BCUT2D eigenvalue weighted by molar-refractivity contribution is 6.04. The Labute approximate surface area is 117 Å². The van der Waals surface area contributed by atoms with Crippen molar-refractivity contribution in [1.82, 2.24) is 15.3 Å². The van der Waals surface area contributed by atoms with E-state index in [1.165, 1.54) is 0 Å². The lowest BCUT2D eigenvalue weighted by atomic mass is 10.2. The van der Waals surface area contributed by atoms with Crippen molar-refractivity contribution in [3.63, 3.8) is 0 Å². The van der Waals surface area contributed by atoms with Gasteiger partial charge in [-0.05, 0) is 13.3 Å². The van der Waals surface area contributed by atoms with Gasteiger partial charge in [0, 0.05) is 19.5 Å². The summed E-state index contributed by atoms with van der Waals surface area (Å²) in [5.41, 5.74) is 0. The van der Waals surface area contributed by atoms with Gasteiger partial charge in [0.15, 0.2) is 0 Å². The van der Waals surface area contributed by atoms with E-state index in [2.05, 4.69) is 27.5 Å². The maximum Gasteiger partial charge on any atom is 0.249 e. The number of nitrogens with one attached hydrogen (secondary N) is 2. The number of carbonyl (C=O) groups is 2. The van der Waals surface area contributed by atoms with Crippen LogP contribution in [0.5, 0.6) is 0 Å². The summed E-state index contributed by atoms with van der Waals surface area (Å²) < 4.78 is 0. The number of amides is 2. The molecule has 20 heavy (non-hydrogen) atoms. The minimum atomic E-state index is -0.429. The van der Waals surface area contributed by atoms with Crippen LogP contribution in [0.15, 0.2) is 6.07 Å². The van der Waals surface area contributed by atoms with E-state index in [-0.39, 0.29) is 18.4 Å². The first kappa shape index (κ1) is 14.2. The first-order chi connectivity index (χ1) is 9.55. The summed E-state index contributed by atoms with van der Waals surface area (Å²) in [5.74, 6) is 1.38. The van der Waals surface area contributed by atoms with Crippen molar-refractivity contribution in [2.75, 3.05) is 23.8 Å². The average molecular weight is 277 g/mol. The Kier molecular flexibility index (Phi) is 4.16. The third kappa shape index (κ3) is 2.87. The van der Waals surface area contributed by atoms with Gasteiger partial charge in [0.1, 0.15) is 23.5 Å². The van der Waals surface area contributed by atoms with Crippen LogP contribution in [0.25, 0.3) is 0 Å². The van der Waals surface area contributed by atoms with Crippen LogP contribution in [-0.2, 0) is 16.0 Å². The van der Waals surface area contributed by atoms with Crippen molar-refractivity contribution < 1.29 is 9.59 Å². The Morgan fingerprint density at radius 2 is 2.20 bits per heavy atom. The summed E-state index contributed by atoms with van der Waals surface area (Å²) in [4.78, 5) is 33.8. The van der Waals surface area contributed by atoms with Gasteiger partial charge >= 0.3 is 0 Å². The van der Waals surface area contributed by atoms with Crippen molar-refractivity contribution >= 4 is 23.5 Å². The number of carbonyl (C=O) groups excluding carboxylic acids is 2. The van der Waals surface area contributed by atoms with Gasteiger partial charge < -0.3 is 10.2 Å². The summed E-state index contributed by atoms with van der Waals surface area (Å²) in [7, 11) is 1.78. The Bertz CT molecular complexity index is 531. The van der Waals surface area contributed by atoms with Crippen molar-refractivity contribution in [3.8, 4) is 0 Å². The molecule has 1 fully saturated rings. The van der Waals surface area contributed by atoms with E-state index in [0.29, 0.717) is 17.5 Å². The fourth-order valence-electron chi connectivity index (χ4n) is 2.09. The third-order valence-corrected chi connectivity index (χ3v) is 3.21. The lowest BCUT2D eigenvalue weighted by molar-refractivity contribution is -0.132. The van der Waals surface area contributed by atoms with Crippen LogP contribution in [0.2, 0.25) is 0 Å². The normalized spacial score (nSPS) is 18.9. The van der Waals surface area contributed by atoms with Crippen LogP contribution in [0.1, 0.15) is 26.1 Å². The molecule has 1 aliphatic rings. The van der Waals surface area contributed by atoms with E-state index >= 15 is 0 Å². The summed E-state index contributed by atoms with van der Waals surface area (Å²) in [6.07, 6.45) is 1.69. The van der Waals surface area contributed by atoms with Crippen molar-refractivity contribution in [2.45, 2.75) is 32.7 Å². The molecule has 0 bridgehead atoms. The van der Waals surface area contributed by atoms with Crippen molar-refractivity contribution in [3.05, 3.63) is 11.9 Å². The zero-order valence-corrected chi connectivity index (χ0v) is 11.9. The molecule has 2 rings (SSSR count). The molecule has 7 heteroatoms. The molecule has 2 amide bonds. The first-order valence-corrected chi connectivity index (χ1v) is 6.71. The van der Waals surface area contributed by atoms with E-state index in [1.54, 1.807) is 24.9 Å². The van der Waals surface area contributed by atoms with E-state index in [9.17, 15) is 9.59 Å². The Morgan fingerprint density at radius 1 is 1.45 bits per heavy atom. The number of aryl methyl sites for hydroxylation is 1. The van der Waals surface area contributed by atoms with Crippen LogP contribution in [0.4, 0.5) is 11.6 Å². The second-order valence-electron chi connectivity index (χ2n) is 4.74. The fourth-order valence-corrected chi connectivity index (χ4v) is 2.09. The van der Waals surface area contributed by atoms with Gasteiger partial charge in [-0.1, -0.05) is 6.92 Å². The number of aromatic nitrogens is 2. The molecule has 2 heterocycles. The molecular weight excluding hydrogens is 258 g/mol. The molecule has 0 spiro atoms. The monoisotopic (exact) mass is 277 g/mol. The second-order valence-corrected chi connectivity index (χ2v) is 4.74. The van der Waals surface area contributed by atoms with Crippen molar-refractivity contribution in [2.24, 2.45) is 0 Å². The Morgan fingerprint density at radius 3 is 2.85 bits per heavy atom. The number of piperazine rings is 1. The molecule has 1 saturated heterocycles. The van der Waals surface area contributed by atoms with Gasteiger partial charge in [0.2, 0.25) is 11.8 Å². The van der Waals surface area contributed by atoms with E-state index in [1.807, 2.05) is 0 Å². The minimum absolute atomic E-state index is 0.124. The number of hydrogen-bond acceptors (Lipinski definition) is 6. The molecule has 2 N–H and O–H groups in total. The highest BCUT2D eigenvalue weighted by atomic mass is 16.2. The molecule has 108 valence electrons. The predicted molar refractivity (Wildman–Crippen MR) is 75.5 cm³/mol. The highest BCUT2D eigenvalue weighted by Crippen LogP contribution is 2.20. The van der Waals surface area contributed by atoms with E-state index in [0.717, 1.165) is 12.8 Å². The quantitative estimate of drug-likeness (QED) is 0.771. The van der Waals surface area contributed by atoms with Crippen LogP contribution in [-0.4, -0.2) is 41.4 Å². The molecule has 7 nitrogen and oxygen atoms in total. The maximum atomic E-state index is 11.7. The molecule has 0 radical (unpaired) electrons. The lowest BCUT2D eigenvalue weighted by Crippen LogP contribution is -2.57. The van der Waals surface area contributed by atoms with Crippen molar-refractivity contribution in [1.29, 1.82) is 0 Å². The highest BCUT2D eigenvalue weighted by Gasteiger charge is 2.31. The molecule has 1 aromatic heterocycles. The molecule has 1 aliphatic heterocycles. The first-order valence-electron chi connectivity index (χ1n) is 6.71. The Hall–Kier alpha value is -2.18. The number of hydrogen-bond donors (Lipinski definition) is 2. The number of rotatable bonds is 4. The number of anilines is 2. The average Bonchev–Trinajstić information content (AvgIpc) is 2.42. The summed E-state index contributed by atoms with van der Waals surface area (Å²) in [6, 6.07) is 1.32. The van der Waals surface area contributed by atoms with Crippen LogP contribution < -0.4 is 15.5 Å². The van der Waals surface area contributed by atoms with Gasteiger partial charge in [-0.25, -0.2) is 9.97 Å². The second kappa shape index (κ2) is 5.85. The minimum Gasteiger partial charge on any atom is -0.373 e. The van der Waals surface area contributed by atoms with Crippen LogP contribution in [0, 0.1) is 0 Å². The summed E-state index contributed by atoms with van der Waals surface area (Å²) >= 11 is 0. The van der Waals surface area contributed by atoms with Crippen LogP contribution in [0.3, 0.4) is 0 Å². The third-order valence-electron chi connectivity index (χ3n) is 3.21. The summed E-state index contributed by atoms with van der Waals surface area (Å²) in [6.45, 7) is 3.93. The number of imide groups is 1. The zero-order valence-electron chi connectivity index (χ0n) is 11.9. The molecule has 0 aliphatic carbocycles. The topological polar surface area (TPSA) is 87.2 Å². The smallest absolute Gasteiger partial charge is 0.249 e. The van der Waals surface area contributed by atoms with E-state index in [4.69, 9.17) is 0 Å². The largest absolute Gasteiger partial charge is 0.373 e. The molecular formula is C13H19N5O2. The van der Waals surface area contributed by atoms with Gasteiger partial charge in [-0.15, -0.1) is 0 Å².